The SMILES string of the molecule is CCn1c(-c2ccc(C)c(N)c2)nc2ccc(Cl)cc21. The lowest BCUT2D eigenvalue weighted by atomic mass is 10.1. The van der Waals surface area contributed by atoms with Gasteiger partial charge in [-0.1, -0.05) is 23.7 Å². The van der Waals surface area contributed by atoms with Crippen LogP contribution in [0.4, 0.5) is 5.69 Å². The van der Waals surface area contributed by atoms with Crippen LogP contribution in [0.3, 0.4) is 0 Å². The minimum Gasteiger partial charge on any atom is -0.398 e. The fourth-order valence-corrected chi connectivity index (χ4v) is 2.58. The molecule has 3 nitrogen and oxygen atoms in total. The standard InChI is InChI=1S/C16H16ClN3/c1-3-20-15-9-12(17)6-7-14(15)19-16(20)11-5-4-10(2)13(18)8-11/h4-9H,3,18H2,1-2H3. The van der Waals surface area contributed by atoms with Crippen LogP contribution in [-0.4, -0.2) is 9.55 Å². The summed E-state index contributed by atoms with van der Waals surface area (Å²) >= 11 is 6.09. The third kappa shape index (κ3) is 2.04. The molecule has 4 heteroatoms. The number of imidazole rings is 1. The van der Waals surface area contributed by atoms with Gasteiger partial charge in [0.05, 0.1) is 11.0 Å². The number of halogens is 1. The molecule has 2 N–H and O–H groups in total. The lowest BCUT2D eigenvalue weighted by Gasteiger charge is -2.08. The number of rotatable bonds is 2. The van der Waals surface area contributed by atoms with Gasteiger partial charge in [0.15, 0.2) is 0 Å². The summed E-state index contributed by atoms with van der Waals surface area (Å²) < 4.78 is 2.16. The molecule has 0 bridgehead atoms. The minimum atomic E-state index is 0.724. The summed E-state index contributed by atoms with van der Waals surface area (Å²) in [5, 5.41) is 0.724. The van der Waals surface area contributed by atoms with Crippen LogP contribution < -0.4 is 5.73 Å². The predicted octanol–water partition coefficient (Wildman–Crippen LogP) is 4.27. The van der Waals surface area contributed by atoms with Gasteiger partial charge in [0.1, 0.15) is 5.82 Å². The van der Waals surface area contributed by atoms with E-state index < -0.39 is 0 Å². The molecule has 3 aromatic rings. The molecule has 1 aromatic heterocycles. The Kier molecular flexibility index (Phi) is 3.14. The number of nitrogen functional groups attached to an aromatic ring is 1. The van der Waals surface area contributed by atoms with Gasteiger partial charge in [-0.2, -0.15) is 0 Å². The topological polar surface area (TPSA) is 43.8 Å². The van der Waals surface area contributed by atoms with Gasteiger partial charge in [-0.25, -0.2) is 4.98 Å². The van der Waals surface area contributed by atoms with Crippen molar-refractivity contribution in [3.8, 4) is 11.4 Å². The number of hydrogen-bond acceptors (Lipinski definition) is 2. The summed E-state index contributed by atoms with van der Waals surface area (Å²) in [6, 6.07) is 11.8. The average molecular weight is 286 g/mol. The normalized spacial score (nSPS) is 11.2. The molecule has 0 unspecified atom stereocenters. The molecule has 0 aliphatic rings. The van der Waals surface area contributed by atoms with Crippen LogP contribution in [0.25, 0.3) is 22.4 Å². The van der Waals surface area contributed by atoms with E-state index in [9.17, 15) is 0 Å². The van der Waals surface area contributed by atoms with E-state index in [-0.39, 0.29) is 0 Å². The zero-order chi connectivity index (χ0) is 14.3. The van der Waals surface area contributed by atoms with Crippen molar-refractivity contribution in [3.05, 3.63) is 47.0 Å². The Bertz CT molecular complexity index is 790. The second-order valence-electron chi connectivity index (χ2n) is 4.88. The summed E-state index contributed by atoms with van der Waals surface area (Å²) in [4.78, 5) is 4.71. The second kappa shape index (κ2) is 4.84. The number of benzene rings is 2. The number of anilines is 1. The second-order valence-corrected chi connectivity index (χ2v) is 5.32. The van der Waals surface area contributed by atoms with Crippen molar-refractivity contribution in [2.75, 3.05) is 5.73 Å². The average Bonchev–Trinajstić information content (AvgIpc) is 2.79. The summed E-state index contributed by atoms with van der Waals surface area (Å²) in [6.07, 6.45) is 0. The van der Waals surface area contributed by atoms with Crippen molar-refractivity contribution in [3.63, 3.8) is 0 Å². The Hall–Kier alpha value is -2.00. The van der Waals surface area contributed by atoms with Gasteiger partial charge >= 0.3 is 0 Å². The van der Waals surface area contributed by atoms with E-state index in [1.54, 1.807) is 0 Å². The largest absolute Gasteiger partial charge is 0.398 e. The van der Waals surface area contributed by atoms with Gasteiger partial charge in [-0.15, -0.1) is 0 Å². The monoisotopic (exact) mass is 285 g/mol. The maximum absolute atomic E-state index is 6.09. The molecule has 0 atom stereocenters. The van der Waals surface area contributed by atoms with Gasteiger partial charge < -0.3 is 10.3 Å². The number of aromatic nitrogens is 2. The molecule has 0 amide bonds. The van der Waals surface area contributed by atoms with Gasteiger partial charge in [0.2, 0.25) is 0 Å². The van der Waals surface area contributed by atoms with E-state index in [0.29, 0.717) is 0 Å². The van der Waals surface area contributed by atoms with E-state index in [0.717, 1.165) is 45.2 Å². The maximum Gasteiger partial charge on any atom is 0.141 e. The van der Waals surface area contributed by atoms with Crippen LogP contribution in [0.1, 0.15) is 12.5 Å². The Morgan fingerprint density at radius 3 is 2.70 bits per heavy atom. The highest BCUT2D eigenvalue weighted by Crippen LogP contribution is 2.28. The van der Waals surface area contributed by atoms with Crippen LogP contribution in [0.5, 0.6) is 0 Å². The molecule has 0 aliphatic carbocycles. The Morgan fingerprint density at radius 1 is 1.20 bits per heavy atom. The van der Waals surface area contributed by atoms with Crippen LogP contribution >= 0.6 is 11.6 Å². The molecule has 1 heterocycles. The van der Waals surface area contributed by atoms with Crippen molar-refractivity contribution in [2.45, 2.75) is 20.4 Å². The van der Waals surface area contributed by atoms with E-state index in [1.807, 2.05) is 37.3 Å². The van der Waals surface area contributed by atoms with Gasteiger partial charge in [0.25, 0.3) is 0 Å². The lowest BCUT2D eigenvalue weighted by Crippen LogP contribution is -1.98. The number of nitrogens with two attached hydrogens (primary N) is 1. The van der Waals surface area contributed by atoms with Crippen molar-refractivity contribution < 1.29 is 0 Å². The van der Waals surface area contributed by atoms with E-state index in [4.69, 9.17) is 22.3 Å². The summed E-state index contributed by atoms with van der Waals surface area (Å²) in [5.74, 6) is 0.927. The molecular formula is C16H16ClN3. The molecule has 3 rings (SSSR count). The van der Waals surface area contributed by atoms with Gasteiger partial charge in [0, 0.05) is 22.8 Å². The minimum absolute atomic E-state index is 0.724. The number of hydrogen-bond donors (Lipinski definition) is 1. The zero-order valence-corrected chi connectivity index (χ0v) is 12.3. The highest BCUT2D eigenvalue weighted by atomic mass is 35.5. The lowest BCUT2D eigenvalue weighted by molar-refractivity contribution is 0.796. The van der Waals surface area contributed by atoms with E-state index in [2.05, 4.69) is 17.6 Å². The molecule has 0 saturated heterocycles. The summed E-state index contributed by atoms with van der Waals surface area (Å²) in [7, 11) is 0. The van der Waals surface area contributed by atoms with Gasteiger partial charge in [-0.3, -0.25) is 0 Å². The van der Waals surface area contributed by atoms with Crippen LogP contribution in [0.15, 0.2) is 36.4 Å². The zero-order valence-electron chi connectivity index (χ0n) is 11.5. The number of aryl methyl sites for hydroxylation is 2. The quantitative estimate of drug-likeness (QED) is 0.715. The Morgan fingerprint density at radius 2 is 2.00 bits per heavy atom. The predicted molar refractivity (Wildman–Crippen MR) is 85.0 cm³/mol. The van der Waals surface area contributed by atoms with Crippen molar-refractivity contribution >= 4 is 28.3 Å². The first-order chi connectivity index (χ1) is 9.60. The first kappa shape index (κ1) is 13.0. The number of nitrogens with zero attached hydrogens (tertiary/aromatic N) is 2. The Labute approximate surface area is 123 Å². The van der Waals surface area contributed by atoms with E-state index in [1.165, 1.54) is 0 Å². The van der Waals surface area contributed by atoms with Crippen LogP contribution in [0, 0.1) is 6.92 Å². The molecule has 102 valence electrons. The van der Waals surface area contributed by atoms with Crippen LogP contribution in [-0.2, 0) is 6.54 Å². The fraction of sp³-hybridized carbons (Fsp3) is 0.188. The highest BCUT2D eigenvalue weighted by Gasteiger charge is 2.12. The van der Waals surface area contributed by atoms with Crippen LogP contribution in [0.2, 0.25) is 5.02 Å². The first-order valence-corrected chi connectivity index (χ1v) is 7.00. The molecule has 0 radical (unpaired) electrons. The molecule has 0 spiro atoms. The molecule has 0 saturated carbocycles. The third-order valence-electron chi connectivity index (χ3n) is 3.56. The van der Waals surface area contributed by atoms with Gasteiger partial charge in [-0.05, 0) is 43.7 Å². The maximum atomic E-state index is 6.09. The molecule has 0 fully saturated rings. The Balaban J connectivity index is 2.27. The number of fused-ring (bicyclic) bond motifs is 1. The molecule has 2 aromatic carbocycles. The first-order valence-electron chi connectivity index (χ1n) is 6.62. The molecule has 0 aliphatic heterocycles. The highest BCUT2D eigenvalue weighted by molar-refractivity contribution is 6.31. The smallest absolute Gasteiger partial charge is 0.141 e. The molecule has 20 heavy (non-hydrogen) atoms. The summed E-state index contributed by atoms with van der Waals surface area (Å²) in [5.41, 5.74) is 10.9. The van der Waals surface area contributed by atoms with Crippen molar-refractivity contribution in [1.29, 1.82) is 0 Å². The van der Waals surface area contributed by atoms with Crippen molar-refractivity contribution in [2.24, 2.45) is 0 Å². The summed E-state index contributed by atoms with van der Waals surface area (Å²) in [6.45, 7) is 4.94. The fourth-order valence-electron chi connectivity index (χ4n) is 2.42. The third-order valence-corrected chi connectivity index (χ3v) is 3.80. The van der Waals surface area contributed by atoms with Crippen molar-refractivity contribution in [1.82, 2.24) is 9.55 Å². The molecular weight excluding hydrogens is 270 g/mol. The van der Waals surface area contributed by atoms with E-state index >= 15 is 0 Å².